The molecule has 0 radical (unpaired) electrons. The van der Waals surface area contributed by atoms with Crippen molar-refractivity contribution in [1.82, 2.24) is 0 Å². The van der Waals surface area contributed by atoms with Crippen LogP contribution >= 0.6 is 11.6 Å². The smallest absolute Gasteiger partial charge is 0.231 e. The quantitative estimate of drug-likeness (QED) is 0.473. The Kier molecular flexibility index (Phi) is 4.26. The summed E-state index contributed by atoms with van der Waals surface area (Å²) >= 11 is 5.79. The highest BCUT2D eigenvalue weighted by molar-refractivity contribution is 6.30. The van der Waals surface area contributed by atoms with E-state index in [9.17, 15) is 4.79 Å². The predicted octanol–water partition coefficient (Wildman–Crippen LogP) is 4.52. The Labute approximate surface area is 133 Å². The molecule has 0 spiro atoms. The van der Waals surface area contributed by atoms with Crippen LogP contribution < -0.4 is 9.47 Å². The number of halogens is 1. The maximum absolute atomic E-state index is 11.9. The Morgan fingerprint density at radius 3 is 2.59 bits per heavy atom. The lowest BCUT2D eigenvalue weighted by atomic mass is 10.1. The molecule has 0 N–H and O–H groups in total. The van der Waals surface area contributed by atoms with Gasteiger partial charge in [0.15, 0.2) is 17.3 Å². The highest BCUT2D eigenvalue weighted by Crippen LogP contribution is 2.32. The van der Waals surface area contributed by atoms with E-state index in [0.717, 1.165) is 17.1 Å². The van der Waals surface area contributed by atoms with Crippen molar-refractivity contribution in [3.63, 3.8) is 0 Å². The fraction of sp³-hybridized carbons (Fsp3) is 0.0556. The molecule has 0 aromatic heterocycles. The first-order chi connectivity index (χ1) is 10.7. The number of ketones is 1. The molecule has 0 bridgehead atoms. The van der Waals surface area contributed by atoms with Gasteiger partial charge in [0.05, 0.1) is 0 Å². The number of carbonyl (C=O) groups excluding carboxylic acids is 1. The van der Waals surface area contributed by atoms with Crippen LogP contribution in [0.15, 0.2) is 60.7 Å². The molecule has 0 amide bonds. The second-order valence-corrected chi connectivity index (χ2v) is 5.14. The maximum Gasteiger partial charge on any atom is 0.231 e. The number of hydrogen-bond acceptors (Lipinski definition) is 3. The van der Waals surface area contributed by atoms with Gasteiger partial charge in [0, 0.05) is 10.6 Å². The highest BCUT2D eigenvalue weighted by atomic mass is 35.5. The molecule has 22 heavy (non-hydrogen) atoms. The number of hydrogen-bond donors (Lipinski definition) is 0. The van der Waals surface area contributed by atoms with E-state index in [0.29, 0.717) is 10.6 Å². The third-order valence-electron chi connectivity index (χ3n) is 3.17. The van der Waals surface area contributed by atoms with Crippen LogP contribution in [0.25, 0.3) is 6.08 Å². The summed E-state index contributed by atoms with van der Waals surface area (Å²) in [5.74, 6) is 1.43. The van der Waals surface area contributed by atoms with Crippen molar-refractivity contribution in [3.05, 3.63) is 76.8 Å². The van der Waals surface area contributed by atoms with Crippen LogP contribution in [0.4, 0.5) is 0 Å². The molecular formula is C18H13ClO3. The van der Waals surface area contributed by atoms with Gasteiger partial charge in [0.1, 0.15) is 0 Å². The Hall–Kier alpha value is -2.52. The first kappa shape index (κ1) is 14.4. The molecule has 2 aromatic carbocycles. The molecule has 1 aliphatic rings. The summed E-state index contributed by atoms with van der Waals surface area (Å²) < 4.78 is 10.6. The van der Waals surface area contributed by atoms with Crippen LogP contribution in [0.1, 0.15) is 15.9 Å². The van der Waals surface area contributed by atoms with E-state index >= 15 is 0 Å². The van der Waals surface area contributed by atoms with Gasteiger partial charge < -0.3 is 9.47 Å². The molecule has 0 saturated heterocycles. The minimum Gasteiger partial charge on any atom is -0.454 e. The summed E-state index contributed by atoms with van der Waals surface area (Å²) in [5.41, 5.74) is 1.59. The molecule has 110 valence electrons. The van der Waals surface area contributed by atoms with E-state index in [1.165, 1.54) is 6.08 Å². The summed E-state index contributed by atoms with van der Waals surface area (Å²) in [6.07, 6.45) is 6.94. The van der Waals surface area contributed by atoms with Crippen LogP contribution in [0, 0.1) is 0 Å². The second-order valence-electron chi connectivity index (χ2n) is 4.70. The number of benzene rings is 2. The zero-order chi connectivity index (χ0) is 15.4. The van der Waals surface area contributed by atoms with Crippen LogP contribution in [0.2, 0.25) is 5.02 Å². The third kappa shape index (κ3) is 3.38. The topological polar surface area (TPSA) is 35.5 Å². The third-order valence-corrected chi connectivity index (χ3v) is 3.42. The zero-order valence-electron chi connectivity index (χ0n) is 11.7. The van der Waals surface area contributed by atoms with E-state index < -0.39 is 0 Å². The minimum absolute atomic E-state index is 0.0630. The summed E-state index contributed by atoms with van der Waals surface area (Å²) in [4.78, 5) is 11.9. The number of carbonyl (C=O) groups is 1. The van der Waals surface area contributed by atoms with E-state index in [1.54, 1.807) is 30.3 Å². The van der Waals surface area contributed by atoms with E-state index in [1.807, 2.05) is 30.4 Å². The Balaban J connectivity index is 1.64. The predicted molar refractivity (Wildman–Crippen MR) is 86.5 cm³/mol. The van der Waals surface area contributed by atoms with Gasteiger partial charge in [-0.3, -0.25) is 4.79 Å². The summed E-state index contributed by atoms with van der Waals surface area (Å²) in [6, 6.07) is 12.5. The number of fused-ring (bicyclic) bond motifs is 1. The zero-order valence-corrected chi connectivity index (χ0v) is 12.4. The van der Waals surface area contributed by atoms with Crippen molar-refractivity contribution in [2.75, 3.05) is 6.79 Å². The van der Waals surface area contributed by atoms with Crippen molar-refractivity contribution in [2.45, 2.75) is 0 Å². The van der Waals surface area contributed by atoms with Crippen molar-refractivity contribution in [1.29, 1.82) is 0 Å². The Morgan fingerprint density at radius 1 is 1.00 bits per heavy atom. The van der Waals surface area contributed by atoms with E-state index in [-0.39, 0.29) is 12.6 Å². The minimum atomic E-state index is -0.0630. The van der Waals surface area contributed by atoms with Crippen LogP contribution in [-0.2, 0) is 0 Å². The monoisotopic (exact) mass is 312 g/mol. The van der Waals surface area contributed by atoms with Crippen molar-refractivity contribution in [3.8, 4) is 11.5 Å². The highest BCUT2D eigenvalue weighted by Gasteiger charge is 2.11. The average Bonchev–Trinajstić information content (AvgIpc) is 2.99. The number of ether oxygens (including phenoxy) is 2. The molecule has 0 atom stereocenters. The largest absolute Gasteiger partial charge is 0.454 e. The molecule has 1 aliphatic heterocycles. The summed E-state index contributed by atoms with van der Waals surface area (Å²) in [6.45, 7) is 0.262. The van der Waals surface area contributed by atoms with Crippen molar-refractivity contribution < 1.29 is 14.3 Å². The maximum atomic E-state index is 11.9. The molecule has 0 unspecified atom stereocenters. The molecule has 4 heteroatoms. The number of rotatable bonds is 4. The first-order valence-electron chi connectivity index (χ1n) is 6.77. The van der Waals surface area contributed by atoms with E-state index in [2.05, 4.69) is 0 Å². The van der Waals surface area contributed by atoms with Crippen LogP contribution in [0.3, 0.4) is 0 Å². The SMILES string of the molecule is O=C(/C=C/C=C/c1ccc2c(c1)OCO2)c1ccc(Cl)cc1. The van der Waals surface area contributed by atoms with Gasteiger partial charge in [-0.25, -0.2) is 0 Å². The Bertz CT molecular complexity index is 745. The lowest BCUT2D eigenvalue weighted by Gasteiger charge is -1.97. The molecule has 3 nitrogen and oxygen atoms in total. The first-order valence-corrected chi connectivity index (χ1v) is 7.14. The fourth-order valence-electron chi connectivity index (χ4n) is 2.04. The van der Waals surface area contributed by atoms with Gasteiger partial charge in [0.25, 0.3) is 0 Å². The molecule has 0 fully saturated rings. The molecule has 0 saturated carbocycles. The fourth-order valence-corrected chi connectivity index (χ4v) is 2.16. The standard InChI is InChI=1S/C18H13ClO3/c19-15-8-6-14(7-9-15)16(20)4-2-1-3-13-5-10-17-18(11-13)22-12-21-17/h1-11H,12H2/b3-1+,4-2+. The van der Waals surface area contributed by atoms with Crippen molar-refractivity contribution in [2.24, 2.45) is 0 Å². The van der Waals surface area contributed by atoms with Crippen molar-refractivity contribution >= 4 is 23.5 Å². The van der Waals surface area contributed by atoms with Gasteiger partial charge in [-0.1, -0.05) is 35.9 Å². The average molecular weight is 313 g/mol. The van der Waals surface area contributed by atoms with Gasteiger partial charge in [-0.15, -0.1) is 0 Å². The molecule has 0 aliphatic carbocycles. The van der Waals surface area contributed by atoms with Gasteiger partial charge >= 0.3 is 0 Å². The summed E-state index contributed by atoms with van der Waals surface area (Å²) in [7, 11) is 0. The van der Waals surface area contributed by atoms with Gasteiger partial charge in [0.2, 0.25) is 6.79 Å². The summed E-state index contributed by atoms with van der Waals surface area (Å²) in [5, 5.41) is 0.614. The Morgan fingerprint density at radius 2 is 1.77 bits per heavy atom. The van der Waals surface area contributed by atoms with Gasteiger partial charge in [-0.2, -0.15) is 0 Å². The lowest BCUT2D eigenvalue weighted by molar-refractivity contribution is 0.104. The molecule has 2 aromatic rings. The normalized spacial score (nSPS) is 13.1. The van der Waals surface area contributed by atoms with E-state index in [4.69, 9.17) is 21.1 Å². The lowest BCUT2D eigenvalue weighted by Crippen LogP contribution is -1.92. The second kappa shape index (κ2) is 6.50. The van der Waals surface area contributed by atoms with Crippen LogP contribution in [0.5, 0.6) is 11.5 Å². The number of allylic oxidation sites excluding steroid dienone is 3. The van der Waals surface area contributed by atoms with Gasteiger partial charge in [-0.05, 0) is 48.0 Å². The molecular weight excluding hydrogens is 300 g/mol. The van der Waals surface area contributed by atoms with Crippen LogP contribution in [-0.4, -0.2) is 12.6 Å². The molecule has 3 rings (SSSR count). The molecule has 1 heterocycles.